The van der Waals surface area contributed by atoms with Gasteiger partial charge in [-0.25, -0.2) is 4.79 Å². The lowest BCUT2D eigenvalue weighted by molar-refractivity contribution is -0.127. The van der Waals surface area contributed by atoms with Crippen LogP contribution in [-0.2, 0) is 9.53 Å². The van der Waals surface area contributed by atoms with E-state index in [1.54, 1.807) is 4.90 Å². The second-order valence-corrected chi connectivity index (χ2v) is 9.05. The van der Waals surface area contributed by atoms with Crippen molar-refractivity contribution >= 4 is 23.6 Å². The molecular weight excluding hydrogens is 364 g/mol. The summed E-state index contributed by atoms with van der Waals surface area (Å²) in [4.78, 5) is 26.7. The van der Waals surface area contributed by atoms with Gasteiger partial charge in [0.2, 0.25) is 5.91 Å². The molecule has 27 heavy (non-hydrogen) atoms. The van der Waals surface area contributed by atoms with Gasteiger partial charge < -0.3 is 15.0 Å². The third kappa shape index (κ3) is 5.61. The molecule has 1 N–H and O–H groups in total. The van der Waals surface area contributed by atoms with Crippen molar-refractivity contribution in [3.63, 3.8) is 0 Å². The molecule has 1 saturated heterocycles. The van der Waals surface area contributed by atoms with E-state index < -0.39 is 5.60 Å². The van der Waals surface area contributed by atoms with Crippen LogP contribution in [-0.4, -0.2) is 35.6 Å². The predicted octanol–water partition coefficient (Wildman–Crippen LogP) is 4.55. The zero-order valence-electron chi connectivity index (χ0n) is 16.3. The maximum absolute atomic E-state index is 12.8. The zero-order valence-corrected chi connectivity index (χ0v) is 17.1. The minimum Gasteiger partial charge on any atom is -0.444 e. The summed E-state index contributed by atoms with van der Waals surface area (Å²) in [7, 11) is 0. The van der Waals surface area contributed by atoms with Crippen LogP contribution in [0.15, 0.2) is 24.3 Å². The fourth-order valence-corrected chi connectivity index (χ4v) is 3.62. The van der Waals surface area contributed by atoms with Gasteiger partial charge in [0.25, 0.3) is 0 Å². The van der Waals surface area contributed by atoms with Crippen molar-refractivity contribution in [1.29, 1.82) is 0 Å². The topological polar surface area (TPSA) is 58.6 Å². The molecule has 6 heteroatoms. The highest BCUT2D eigenvalue weighted by atomic mass is 35.5. The number of piperidine rings is 1. The van der Waals surface area contributed by atoms with Crippen molar-refractivity contribution in [2.75, 3.05) is 13.1 Å². The molecule has 1 atom stereocenters. The van der Waals surface area contributed by atoms with E-state index in [0.717, 1.165) is 18.4 Å². The minimum absolute atomic E-state index is 0.0543. The first-order chi connectivity index (χ1) is 12.7. The van der Waals surface area contributed by atoms with Gasteiger partial charge in [-0.15, -0.1) is 0 Å². The Labute approximate surface area is 166 Å². The summed E-state index contributed by atoms with van der Waals surface area (Å²) in [6, 6.07) is 7.79. The molecule has 1 aliphatic heterocycles. The molecule has 148 valence electrons. The Morgan fingerprint density at radius 2 is 1.70 bits per heavy atom. The third-order valence-corrected chi connectivity index (χ3v) is 5.39. The van der Waals surface area contributed by atoms with E-state index in [0.29, 0.717) is 36.9 Å². The van der Waals surface area contributed by atoms with Crippen LogP contribution in [0.1, 0.15) is 58.1 Å². The van der Waals surface area contributed by atoms with E-state index >= 15 is 0 Å². The molecule has 2 amide bonds. The zero-order chi connectivity index (χ0) is 19.6. The Hall–Kier alpha value is -1.75. The molecule has 1 aliphatic carbocycles. The van der Waals surface area contributed by atoms with E-state index in [2.05, 4.69) is 5.32 Å². The summed E-state index contributed by atoms with van der Waals surface area (Å²) >= 11 is 5.99. The first-order valence-corrected chi connectivity index (χ1v) is 10.1. The summed E-state index contributed by atoms with van der Waals surface area (Å²) in [5, 5.41) is 3.95. The summed E-state index contributed by atoms with van der Waals surface area (Å²) in [5.74, 6) is 0.542. The van der Waals surface area contributed by atoms with Crippen LogP contribution in [0.4, 0.5) is 4.79 Å². The van der Waals surface area contributed by atoms with Crippen molar-refractivity contribution in [1.82, 2.24) is 10.2 Å². The minimum atomic E-state index is -0.499. The average molecular weight is 393 g/mol. The van der Waals surface area contributed by atoms with Gasteiger partial charge in [0.15, 0.2) is 0 Å². The molecule has 0 radical (unpaired) electrons. The molecule has 0 spiro atoms. The van der Waals surface area contributed by atoms with Gasteiger partial charge in [0, 0.05) is 24.0 Å². The van der Waals surface area contributed by atoms with Crippen LogP contribution in [0.5, 0.6) is 0 Å². The molecule has 0 bridgehead atoms. The normalized spacial score (nSPS) is 19.5. The van der Waals surface area contributed by atoms with Gasteiger partial charge in [-0.2, -0.15) is 0 Å². The molecule has 3 rings (SSSR count). The lowest BCUT2D eigenvalue weighted by Gasteiger charge is -2.33. The fourth-order valence-electron chi connectivity index (χ4n) is 3.49. The quantitative estimate of drug-likeness (QED) is 0.817. The third-order valence-electron chi connectivity index (χ3n) is 5.14. The first kappa shape index (κ1) is 20.0. The van der Waals surface area contributed by atoms with Gasteiger partial charge in [-0.05, 0) is 70.1 Å². The highest BCUT2D eigenvalue weighted by Gasteiger charge is 2.36. The molecule has 1 aromatic carbocycles. The van der Waals surface area contributed by atoms with E-state index in [1.807, 2.05) is 45.0 Å². The smallest absolute Gasteiger partial charge is 0.410 e. The number of amides is 2. The second-order valence-electron chi connectivity index (χ2n) is 8.62. The second kappa shape index (κ2) is 8.09. The number of hydrogen-bond donors (Lipinski definition) is 1. The predicted molar refractivity (Wildman–Crippen MR) is 106 cm³/mol. The van der Waals surface area contributed by atoms with Crippen LogP contribution >= 0.6 is 11.6 Å². The number of benzene rings is 1. The van der Waals surface area contributed by atoms with Gasteiger partial charge in [-0.1, -0.05) is 23.7 Å². The van der Waals surface area contributed by atoms with Crippen LogP contribution in [0.25, 0.3) is 0 Å². The lowest BCUT2D eigenvalue weighted by Crippen LogP contribution is -2.45. The van der Waals surface area contributed by atoms with Crippen molar-refractivity contribution in [3.8, 4) is 0 Å². The Morgan fingerprint density at radius 3 is 2.22 bits per heavy atom. The number of likely N-dealkylation sites (tertiary alicyclic amines) is 1. The Bertz CT molecular complexity index is 672. The Morgan fingerprint density at radius 1 is 1.11 bits per heavy atom. The van der Waals surface area contributed by atoms with Crippen LogP contribution in [0.2, 0.25) is 5.02 Å². The maximum atomic E-state index is 12.8. The highest BCUT2D eigenvalue weighted by molar-refractivity contribution is 6.30. The molecule has 1 heterocycles. The van der Waals surface area contributed by atoms with E-state index in [1.165, 1.54) is 0 Å². The van der Waals surface area contributed by atoms with E-state index in [9.17, 15) is 9.59 Å². The van der Waals surface area contributed by atoms with Crippen molar-refractivity contribution in [2.24, 2.45) is 11.8 Å². The van der Waals surface area contributed by atoms with E-state index in [4.69, 9.17) is 16.3 Å². The number of carbonyl (C=O) groups is 2. The van der Waals surface area contributed by atoms with Gasteiger partial charge >= 0.3 is 6.09 Å². The summed E-state index contributed by atoms with van der Waals surface area (Å²) in [5.41, 5.74) is 0.614. The SMILES string of the molecule is CC(C)(C)OC(=O)N1CCC(C(=O)NC(c2ccc(Cl)cc2)C2CC2)CC1. The molecule has 1 aromatic rings. The molecule has 5 nitrogen and oxygen atoms in total. The van der Waals surface area contributed by atoms with Crippen LogP contribution < -0.4 is 5.32 Å². The summed E-state index contributed by atoms with van der Waals surface area (Å²) < 4.78 is 5.42. The summed E-state index contributed by atoms with van der Waals surface area (Å²) in [6.45, 7) is 6.70. The van der Waals surface area contributed by atoms with Gasteiger partial charge in [0.05, 0.1) is 6.04 Å². The van der Waals surface area contributed by atoms with Crippen molar-refractivity contribution in [2.45, 2.75) is 58.1 Å². The first-order valence-electron chi connectivity index (χ1n) is 9.77. The summed E-state index contributed by atoms with van der Waals surface area (Å²) in [6.07, 6.45) is 3.33. The molecule has 0 aromatic heterocycles. The number of carbonyl (C=O) groups excluding carboxylic acids is 2. The largest absolute Gasteiger partial charge is 0.444 e. The van der Waals surface area contributed by atoms with Crippen molar-refractivity contribution < 1.29 is 14.3 Å². The average Bonchev–Trinajstić information content (AvgIpc) is 3.44. The lowest BCUT2D eigenvalue weighted by atomic mass is 9.94. The number of nitrogens with one attached hydrogen (secondary N) is 1. The molecule has 2 fully saturated rings. The van der Waals surface area contributed by atoms with Crippen LogP contribution in [0, 0.1) is 11.8 Å². The van der Waals surface area contributed by atoms with Crippen LogP contribution in [0.3, 0.4) is 0 Å². The maximum Gasteiger partial charge on any atom is 0.410 e. The fraction of sp³-hybridized carbons (Fsp3) is 0.619. The highest BCUT2D eigenvalue weighted by Crippen LogP contribution is 2.41. The number of hydrogen-bond acceptors (Lipinski definition) is 3. The molecule has 2 aliphatic rings. The number of ether oxygens (including phenoxy) is 1. The number of nitrogens with zero attached hydrogens (tertiary/aromatic N) is 1. The standard InChI is InChI=1S/C21H29ClN2O3/c1-21(2,3)27-20(26)24-12-10-16(11-13-24)19(25)23-18(14-4-5-14)15-6-8-17(22)9-7-15/h6-9,14,16,18H,4-5,10-13H2,1-3H3,(H,23,25). The van der Waals surface area contributed by atoms with Gasteiger partial charge in [0.1, 0.15) is 5.60 Å². The monoisotopic (exact) mass is 392 g/mol. The molecular formula is C21H29ClN2O3. The Kier molecular flexibility index (Phi) is 5.99. The number of rotatable bonds is 4. The number of halogens is 1. The Balaban J connectivity index is 1.54. The molecule has 1 unspecified atom stereocenters. The van der Waals surface area contributed by atoms with E-state index in [-0.39, 0.29) is 24.0 Å². The van der Waals surface area contributed by atoms with Gasteiger partial charge in [-0.3, -0.25) is 4.79 Å². The molecule has 1 saturated carbocycles. The van der Waals surface area contributed by atoms with Crippen molar-refractivity contribution in [3.05, 3.63) is 34.9 Å².